The third-order valence-electron chi connectivity index (χ3n) is 5.08. The van der Waals surface area contributed by atoms with Crippen molar-refractivity contribution >= 4 is 22.8 Å². The number of hydrogen-bond acceptors (Lipinski definition) is 4. The van der Waals surface area contributed by atoms with Crippen LogP contribution in [0.15, 0.2) is 59.3 Å². The smallest absolute Gasteiger partial charge is 0.449 e. The normalized spacial score (nSPS) is 16.8. The molecule has 5 rings (SSSR count). The van der Waals surface area contributed by atoms with E-state index in [2.05, 4.69) is 9.97 Å². The first-order valence-corrected chi connectivity index (χ1v) is 9.17. The molecule has 1 N–H and O–H groups in total. The zero-order valence-corrected chi connectivity index (χ0v) is 15.6. The summed E-state index contributed by atoms with van der Waals surface area (Å²) in [7, 11) is 0. The molecule has 1 fully saturated rings. The van der Waals surface area contributed by atoms with Gasteiger partial charge in [0.25, 0.3) is 0 Å². The van der Waals surface area contributed by atoms with Crippen LogP contribution in [0, 0.1) is 5.82 Å². The number of alkyl halides is 3. The van der Waals surface area contributed by atoms with E-state index in [9.17, 15) is 22.4 Å². The number of cyclic esters (lactones) is 1. The van der Waals surface area contributed by atoms with Gasteiger partial charge in [-0.3, -0.25) is 4.90 Å². The molecule has 1 aliphatic heterocycles. The molecular formula is C21H13F4N3O3. The number of aromatic nitrogens is 2. The first-order valence-electron chi connectivity index (χ1n) is 9.17. The molecule has 2 aromatic heterocycles. The van der Waals surface area contributed by atoms with Crippen LogP contribution in [0.4, 0.5) is 28.0 Å². The van der Waals surface area contributed by atoms with E-state index in [-0.39, 0.29) is 23.5 Å². The highest BCUT2D eigenvalue weighted by molar-refractivity contribution is 5.93. The van der Waals surface area contributed by atoms with Gasteiger partial charge >= 0.3 is 12.3 Å². The van der Waals surface area contributed by atoms with E-state index in [0.29, 0.717) is 16.7 Å². The van der Waals surface area contributed by atoms with Crippen molar-refractivity contribution in [3.63, 3.8) is 0 Å². The van der Waals surface area contributed by atoms with Gasteiger partial charge in [0.15, 0.2) is 0 Å². The van der Waals surface area contributed by atoms with E-state index in [4.69, 9.17) is 9.15 Å². The number of imidazole rings is 1. The highest BCUT2D eigenvalue weighted by atomic mass is 19.4. The fourth-order valence-corrected chi connectivity index (χ4v) is 3.61. The monoisotopic (exact) mass is 431 g/mol. The van der Waals surface area contributed by atoms with Crippen LogP contribution in [0.2, 0.25) is 0 Å². The number of nitrogens with one attached hydrogen (secondary N) is 1. The van der Waals surface area contributed by atoms with E-state index >= 15 is 0 Å². The molecule has 10 heteroatoms. The van der Waals surface area contributed by atoms with Gasteiger partial charge in [0.05, 0.1) is 23.0 Å². The average molecular weight is 431 g/mol. The summed E-state index contributed by atoms with van der Waals surface area (Å²) >= 11 is 0. The van der Waals surface area contributed by atoms with Crippen LogP contribution in [0.3, 0.4) is 0 Å². The minimum Gasteiger partial charge on any atom is -0.452 e. The fourth-order valence-electron chi connectivity index (χ4n) is 3.61. The van der Waals surface area contributed by atoms with Gasteiger partial charge in [0.2, 0.25) is 5.76 Å². The van der Waals surface area contributed by atoms with Crippen molar-refractivity contribution in [1.29, 1.82) is 0 Å². The van der Waals surface area contributed by atoms with Crippen molar-refractivity contribution in [3.8, 4) is 11.3 Å². The summed E-state index contributed by atoms with van der Waals surface area (Å²) in [5.41, 5.74) is 2.22. The molecule has 1 atom stereocenters. The van der Waals surface area contributed by atoms with Crippen molar-refractivity contribution in [2.24, 2.45) is 0 Å². The van der Waals surface area contributed by atoms with Gasteiger partial charge in [-0.15, -0.1) is 0 Å². The molecule has 0 saturated carbocycles. The van der Waals surface area contributed by atoms with Crippen LogP contribution in [-0.4, -0.2) is 22.7 Å². The second kappa shape index (κ2) is 6.86. The number of H-pyrrole nitrogens is 1. The third-order valence-corrected chi connectivity index (χ3v) is 5.08. The van der Waals surface area contributed by atoms with Crippen LogP contribution in [0.25, 0.3) is 22.4 Å². The molecule has 2 aromatic carbocycles. The number of furan rings is 1. The summed E-state index contributed by atoms with van der Waals surface area (Å²) in [6.45, 7) is -0.0743. The second-order valence-electron chi connectivity index (χ2n) is 6.96. The van der Waals surface area contributed by atoms with Crippen molar-refractivity contribution in [3.05, 3.63) is 72.0 Å². The predicted molar refractivity (Wildman–Crippen MR) is 102 cm³/mol. The maximum atomic E-state index is 15.0. The predicted octanol–water partition coefficient (Wildman–Crippen LogP) is 5.68. The molecule has 1 aliphatic rings. The topological polar surface area (TPSA) is 71.4 Å². The first-order chi connectivity index (χ1) is 14.8. The lowest BCUT2D eigenvalue weighted by atomic mass is 10.0. The minimum absolute atomic E-state index is 0.0743. The van der Waals surface area contributed by atoms with Crippen molar-refractivity contribution in [1.82, 2.24) is 9.97 Å². The van der Waals surface area contributed by atoms with Gasteiger partial charge in [-0.2, -0.15) is 13.2 Å². The van der Waals surface area contributed by atoms with Crippen LogP contribution < -0.4 is 4.90 Å². The number of amides is 1. The fraction of sp³-hybridized carbons (Fsp3) is 0.143. The summed E-state index contributed by atoms with van der Waals surface area (Å²) in [5, 5.41) is 0. The summed E-state index contributed by atoms with van der Waals surface area (Å²) in [6.07, 6.45) is -3.74. The zero-order valence-electron chi connectivity index (χ0n) is 15.6. The number of rotatable bonds is 3. The van der Waals surface area contributed by atoms with Crippen molar-refractivity contribution in [2.45, 2.75) is 12.2 Å². The summed E-state index contributed by atoms with van der Waals surface area (Å²) in [4.78, 5) is 20.8. The van der Waals surface area contributed by atoms with E-state index in [1.165, 1.54) is 23.4 Å². The highest BCUT2D eigenvalue weighted by Gasteiger charge is 2.38. The van der Waals surface area contributed by atoms with Crippen LogP contribution in [0.5, 0.6) is 0 Å². The number of fused-ring (bicyclic) bond motifs is 1. The first kappa shape index (κ1) is 19.2. The van der Waals surface area contributed by atoms with E-state index in [1.54, 1.807) is 18.2 Å². The lowest BCUT2D eigenvalue weighted by molar-refractivity contribution is -0.152. The van der Waals surface area contributed by atoms with Gasteiger partial charge in [-0.25, -0.2) is 14.2 Å². The molecule has 3 heterocycles. The Hall–Kier alpha value is -3.82. The number of aromatic amines is 1. The Bertz CT molecular complexity index is 1290. The Labute approximate surface area is 172 Å². The maximum absolute atomic E-state index is 15.0. The van der Waals surface area contributed by atoms with Gasteiger partial charge in [-0.05, 0) is 36.4 Å². The molecule has 1 saturated heterocycles. The standard InChI is InChI=1S/C21H13F4N3O3/c22-14-7-11(18-5-6-19(31-18)21(23,24)25)1-3-13(14)17-9-30-20(29)28(17)12-2-4-15-16(8-12)27-10-26-15/h1-8,10,17H,9H2,(H,26,27)/t17-/m1/s1. The number of nitrogens with zero attached hydrogens (tertiary/aromatic N) is 2. The second-order valence-corrected chi connectivity index (χ2v) is 6.96. The maximum Gasteiger partial charge on any atom is 0.449 e. The van der Waals surface area contributed by atoms with Gasteiger partial charge in [-0.1, -0.05) is 12.1 Å². The zero-order chi connectivity index (χ0) is 21.8. The molecule has 158 valence electrons. The molecule has 0 bridgehead atoms. The summed E-state index contributed by atoms with van der Waals surface area (Å²) in [5.74, 6) is -1.97. The average Bonchev–Trinajstić information content (AvgIpc) is 3.46. The van der Waals surface area contributed by atoms with Gasteiger partial charge in [0, 0.05) is 11.1 Å². The largest absolute Gasteiger partial charge is 0.452 e. The number of benzene rings is 2. The SMILES string of the molecule is O=C1OC[C@H](c2ccc(-c3ccc(C(F)(F)F)o3)cc2F)N1c1ccc2nc[nH]c2c1. The van der Waals surface area contributed by atoms with E-state index < -0.39 is 29.9 Å². The molecule has 31 heavy (non-hydrogen) atoms. The molecule has 4 aromatic rings. The Morgan fingerprint density at radius 2 is 1.94 bits per heavy atom. The Morgan fingerprint density at radius 3 is 2.68 bits per heavy atom. The lowest BCUT2D eigenvalue weighted by Gasteiger charge is -2.22. The van der Waals surface area contributed by atoms with E-state index in [1.807, 2.05) is 0 Å². The summed E-state index contributed by atoms with van der Waals surface area (Å²) < 4.78 is 63.2. The van der Waals surface area contributed by atoms with Crippen LogP contribution >= 0.6 is 0 Å². The van der Waals surface area contributed by atoms with Gasteiger partial charge < -0.3 is 14.1 Å². The van der Waals surface area contributed by atoms with E-state index in [0.717, 1.165) is 18.2 Å². The minimum atomic E-state index is -4.63. The van der Waals surface area contributed by atoms with Crippen LogP contribution in [-0.2, 0) is 10.9 Å². The molecule has 0 unspecified atom stereocenters. The molecular weight excluding hydrogens is 418 g/mol. The van der Waals surface area contributed by atoms with Crippen molar-refractivity contribution < 1.29 is 31.5 Å². The third kappa shape index (κ3) is 3.29. The molecule has 6 nitrogen and oxygen atoms in total. The number of carbonyl (C=O) groups excluding carboxylic acids is 1. The molecule has 0 radical (unpaired) electrons. The number of anilines is 1. The Morgan fingerprint density at radius 1 is 1.10 bits per heavy atom. The quantitative estimate of drug-likeness (QED) is 0.424. The van der Waals surface area contributed by atoms with Gasteiger partial charge in [0.1, 0.15) is 24.2 Å². The Kier molecular flexibility index (Phi) is 4.24. The number of ether oxygens (including phenoxy) is 1. The summed E-state index contributed by atoms with van der Waals surface area (Å²) in [6, 6.07) is 10.2. The number of hydrogen-bond donors (Lipinski definition) is 1. The van der Waals surface area contributed by atoms with Crippen molar-refractivity contribution in [2.75, 3.05) is 11.5 Å². The molecule has 1 amide bonds. The number of carbonyl (C=O) groups is 1. The van der Waals surface area contributed by atoms with Crippen LogP contribution in [0.1, 0.15) is 17.4 Å². The highest BCUT2D eigenvalue weighted by Crippen LogP contribution is 2.38. The molecule has 0 aliphatic carbocycles. The Balaban J connectivity index is 1.48. The molecule has 0 spiro atoms. The number of halogens is 4. The lowest BCUT2D eigenvalue weighted by Crippen LogP contribution is -2.27.